The van der Waals surface area contributed by atoms with E-state index in [4.69, 9.17) is 9.47 Å². The van der Waals surface area contributed by atoms with Crippen LogP contribution in [-0.4, -0.2) is 24.3 Å². The highest BCUT2D eigenvalue weighted by atomic mass is 16.5. The largest absolute Gasteiger partial charge is 0.497 e. The summed E-state index contributed by atoms with van der Waals surface area (Å²) in [5.74, 6) is 0.584. The third-order valence-electron chi connectivity index (χ3n) is 3.57. The molecule has 0 unspecified atom stereocenters. The van der Waals surface area contributed by atoms with Crippen molar-refractivity contribution >= 4 is 5.97 Å². The summed E-state index contributed by atoms with van der Waals surface area (Å²) in [5, 5.41) is 9.40. The number of hydrogen-bond acceptors (Lipinski definition) is 4. The number of aliphatic hydroxyl groups is 1. The molecular formula is C15H20O4. The summed E-state index contributed by atoms with van der Waals surface area (Å²) >= 11 is 0. The molecule has 1 saturated carbocycles. The van der Waals surface area contributed by atoms with Crippen molar-refractivity contribution < 1.29 is 19.4 Å². The molecule has 0 saturated heterocycles. The molecule has 1 aliphatic carbocycles. The van der Waals surface area contributed by atoms with E-state index in [0.717, 1.165) is 24.2 Å². The van der Waals surface area contributed by atoms with Gasteiger partial charge in [-0.15, -0.1) is 0 Å². The van der Waals surface area contributed by atoms with Crippen LogP contribution in [0.1, 0.15) is 31.2 Å². The number of esters is 1. The van der Waals surface area contributed by atoms with Crippen LogP contribution in [0.25, 0.3) is 0 Å². The van der Waals surface area contributed by atoms with Gasteiger partial charge in [-0.25, -0.2) is 0 Å². The van der Waals surface area contributed by atoms with Gasteiger partial charge in [0, 0.05) is 0 Å². The minimum Gasteiger partial charge on any atom is -0.497 e. The summed E-state index contributed by atoms with van der Waals surface area (Å²) in [6, 6.07) is 7.47. The van der Waals surface area contributed by atoms with Crippen molar-refractivity contribution in [2.24, 2.45) is 5.92 Å². The first kappa shape index (κ1) is 13.9. The molecule has 0 atom stereocenters. The van der Waals surface area contributed by atoms with Gasteiger partial charge in [0.2, 0.25) is 0 Å². The Bertz CT molecular complexity index is 405. The summed E-state index contributed by atoms with van der Waals surface area (Å²) in [6.45, 7) is 0.294. The first-order chi connectivity index (χ1) is 9.19. The Kier molecular flexibility index (Phi) is 4.80. The smallest absolute Gasteiger partial charge is 0.309 e. The SMILES string of the molecule is COc1ccc(COC(=O)C2CCC(O)CC2)cc1. The molecule has 1 aromatic carbocycles. The third kappa shape index (κ3) is 3.96. The summed E-state index contributed by atoms with van der Waals surface area (Å²) < 4.78 is 10.4. The fraction of sp³-hybridized carbons (Fsp3) is 0.533. The van der Waals surface area contributed by atoms with Crippen molar-refractivity contribution in [3.05, 3.63) is 29.8 Å². The van der Waals surface area contributed by atoms with E-state index in [2.05, 4.69) is 0 Å². The van der Waals surface area contributed by atoms with Crippen molar-refractivity contribution in [1.29, 1.82) is 0 Å². The lowest BCUT2D eigenvalue weighted by Crippen LogP contribution is -2.25. The van der Waals surface area contributed by atoms with E-state index in [0.29, 0.717) is 19.4 Å². The van der Waals surface area contributed by atoms with Crippen molar-refractivity contribution in [3.63, 3.8) is 0 Å². The number of carbonyl (C=O) groups excluding carboxylic acids is 1. The zero-order chi connectivity index (χ0) is 13.7. The number of hydrogen-bond donors (Lipinski definition) is 1. The average molecular weight is 264 g/mol. The van der Waals surface area contributed by atoms with E-state index in [1.54, 1.807) is 7.11 Å². The molecule has 0 heterocycles. The average Bonchev–Trinajstić information content (AvgIpc) is 2.46. The normalized spacial score (nSPS) is 22.8. The Morgan fingerprint density at radius 3 is 2.42 bits per heavy atom. The monoisotopic (exact) mass is 264 g/mol. The maximum absolute atomic E-state index is 11.9. The summed E-state index contributed by atoms with van der Waals surface area (Å²) in [4.78, 5) is 11.9. The number of rotatable bonds is 4. The topological polar surface area (TPSA) is 55.8 Å². The van der Waals surface area contributed by atoms with Gasteiger partial charge in [0.25, 0.3) is 0 Å². The predicted octanol–water partition coefficient (Wildman–Crippen LogP) is 2.29. The van der Waals surface area contributed by atoms with Gasteiger partial charge < -0.3 is 14.6 Å². The minimum absolute atomic E-state index is 0.0540. The Hall–Kier alpha value is -1.55. The number of methoxy groups -OCH3 is 1. The Labute approximate surface area is 113 Å². The van der Waals surface area contributed by atoms with E-state index in [9.17, 15) is 9.90 Å². The molecule has 1 fully saturated rings. The van der Waals surface area contributed by atoms with Crippen molar-refractivity contribution in [2.45, 2.75) is 38.4 Å². The van der Waals surface area contributed by atoms with Gasteiger partial charge in [0.15, 0.2) is 0 Å². The number of aliphatic hydroxyl groups excluding tert-OH is 1. The van der Waals surface area contributed by atoms with Crippen LogP contribution in [0.15, 0.2) is 24.3 Å². The van der Waals surface area contributed by atoms with Crippen LogP contribution in [0.2, 0.25) is 0 Å². The maximum Gasteiger partial charge on any atom is 0.309 e. The van der Waals surface area contributed by atoms with Gasteiger partial charge in [-0.05, 0) is 43.4 Å². The molecule has 0 aromatic heterocycles. The van der Waals surface area contributed by atoms with Gasteiger partial charge in [-0.2, -0.15) is 0 Å². The summed E-state index contributed by atoms with van der Waals surface area (Å²) in [6.07, 6.45) is 2.60. The molecule has 0 radical (unpaired) electrons. The fourth-order valence-electron chi connectivity index (χ4n) is 2.31. The molecule has 104 valence electrons. The Morgan fingerprint density at radius 1 is 1.21 bits per heavy atom. The van der Waals surface area contributed by atoms with Crippen LogP contribution in [0.3, 0.4) is 0 Å². The molecule has 4 heteroatoms. The van der Waals surface area contributed by atoms with Gasteiger partial charge in [0.1, 0.15) is 12.4 Å². The van der Waals surface area contributed by atoms with E-state index < -0.39 is 0 Å². The van der Waals surface area contributed by atoms with E-state index >= 15 is 0 Å². The molecule has 0 bridgehead atoms. The standard InChI is InChI=1S/C15H20O4/c1-18-14-8-2-11(3-9-14)10-19-15(17)12-4-6-13(16)7-5-12/h2-3,8-9,12-13,16H,4-7,10H2,1H3. The lowest BCUT2D eigenvalue weighted by Gasteiger charge is -2.23. The Balaban J connectivity index is 1.79. The van der Waals surface area contributed by atoms with Gasteiger partial charge >= 0.3 is 5.97 Å². The number of carbonyl (C=O) groups is 1. The third-order valence-corrected chi connectivity index (χ3v) is 3.57. The molecule has 1 aromatic rings. The quantitative estimate of drug-likeness (QED) is 0.848. The molecular weight excluding hydrogens is 244 g/mol. The predicted molar refractivity (Wildman–Crippen MR) is 70.8 cm³/mol. The fourth-order valence-corrected chi connectivity index (χ4v) is 2.31. The van der Waals surface area contributed by atoms with E-state index in [1.807, 2.05) is 24.3 Å². The molecule has 2 rings (SSSR count). The second-order valence-electron chi connectivity index (χ2n) is 4.96. The first-order valence-corrected chi connectivity index (χ1v) is 6.66. The van der Waals surface area contributed by atoms with Gasteiger partial charge in [-0.1, -0.05) is 12.1 Å². The van der Waals surface area contributed by atoms with Crippen molar-refractivity contribution in [2.75, 3.05) is 7.11 Å². The molecule has 4 nitrogen and oxygen atoms in total. The molecule has 0 spiro atoms. The second kappa shape index (κ2) is 6.57. The van der Waals surface area contributed by atoms with Crippen LogP contribution in [0.4, 0.5) is 0 Å². The Morgan fingerprint density at radius 2 is 1.84 bits per heavy atom. The lowest BCUT2D eigenvalue weighted by atomic mass is 9.87. The van der Waals surface area contributed by atoms with Crippen LogP contribution < -0.4 is 4.74 Å². The number of ether oxygens (including phenoxy) is 2. The van der Waals surface area contributed by atoms with Crippen LogP contribution in [0.5, 0.6) is 5.75 Å². The highest BCUT2D eigenvalue weighted by Gasteiger charge is 2.26. The van der Waals surface area contributed by atoms with Crippen molar-refractivity contribution in [1.82, 2.24) is 0 Å². The summed E-state index contributed by atoms with van der Waals surface area (Å²) in [5.41, 5.74) is 0.949. The molecule has 0 aliphatic heterocycles. The minimum atomic E-state index is -0.245. The van der Waals surface area contributed by atoms with Crippen molar-refractivity contribution in [3.8, 4) is 5.75 Å². The second-order valence-corrected chi connectivity index (χ2v) is 4.96. The van der Waals surface area contributed by atoms with Crippen LogP contribution in [-0.2, 0) is 16.1 Å². The van der Waals surface area contributed by atoms with Gasteiger partial charge in [-0.3, -0.25) is 4.79 Å². The molecule has 1 aliphatic rings. The molecule has 19 heavy (non-hydrogen) atoms. The highest BCUT2D eigenvalue weighted by molar-refractivity contribution is 5.72. The first-order valence-electron chi connectivity index (χ1n) is 6.66. The maximum atomic E-state index is 11.9. The van der Waals surface area contributed by atoms with E-state index in [-0.39, 0.29) is 18.0 Å². The van der Waals surface area contributed by atoms with Crippen LogP contribution >= 0.6 is 0 Å². The molecule has 1 N–H and O–H groups in total. The zero-order valence-electron chi connectivity index (χ0n) is 11.2. The lowest BCUT2D eigenvalue weighted by molar-refractivity contribution is -0.151. The molecule has 0 amide bonds. The highest BCUT2D eigenvalue weighted by Crippen LogP contribution is 2.25. The van der Waals surface area contributed by atoms with E-state index in [1.165, 1.54) is 0 Å². The number of benzene rings is 1. The van der Waals surface area contributed by atoms with Crippen LogP contribution in [0, 0.1) is 5.92 Å². The summed E-state index contributed by atoms with van der Waals surface area (Å²) in [7, 11) is 1.62. The zero-order valence-corrected chi connectivity index (χ0v) is 11.2. The van der Waals surface area contributed by atoms with Gasteiger partial charge in [0.05, 0.1) is 19.1 Å².